The molecule has 0 bridgehead atoms. The van der Waals surface area contributed by atoms with Gasteiger partial charge in [0.1, 0.15) is 23.3 Å². The number of nitrogens with zero attached hydrogens (tertiary/aromatic N) is 4. The van der Waals surface area contributed by atoms with E-state index in [0.29, 0.717) is 24.2 Å². The molecule has 1 saturated carbocycles. The lowest BCUT2D eigenvalue weighted by Gasteiger charge is -2.30. The monoisotopic (exact) mass is 403 g/mol. The Morgan fingerprint density at radius 3 is 2.41 bits per heavy atom. The number of aliphatic hydroxyl groups excluding tert-OH is 1. The zero-order valence-corrected chi connectivity index (χ0v) is 16.4. The number of nitrogens with one attached hydrogen (secondary N) is 1. The average Bonchev–Trinajstić information content (AvgIpc) is 3.08. The van der Waals surface area contributed by atoms with Crippen LogP contribution in [0.4, 0.5) is 5.82 Å². The second-order valence-electron chi connectivity index (χ2n) is 6.97. The van der Waals surface area contributed by atoms with Crippen molar-refractivity contribution in [1.82, 2.24) is 14.5 Å². The van der Waals surface area contributed by atoms with Crippen LogP contribution < -0.4 is 5.32 Å². The maximum absolute atomic E-state index is 10.1. The minimum absolute atomic E-state index is 0.326. The molecule has 1 atom stereocenters. The van der Waals surface area contributed by atoms with Gasteiger partial charge in [0.15, 0.2) is 0 Å². The number of carboxylic acid groups (broad SMARTS) is 2. The highest BCUT2D eigenvalue weighted by molar-refractivity contribution is 6.27. The first-order valence-corrected chi connectivity index (χ1v) is 9.35. The summed E-state index contributed by atoms with van der Waals surface area (Å²) in [6, 6.07) is 4.61. The van der Waals surface area contributed by atoms with Gasteiger partial charge in [-0.1, -0.05) is 0 Å². The zero-order chi connectivity index (χ0) is 21.6. The molecule has 0 radical (unpaired) electrons. The van der Waals surface area contributed by atoms with Crippen LogP contribution in [-0.4, -0.2) is 48.8 Å². The molecule has 10 heteroatoms. The lowest BCUT2D eigenvalue weighted by atomic mass is 9.84. The van der Waals surface area contributed by atoms with E-state index in [-0.39, 0.29) is 0 Å². The van der Waals surface area contributed by atoms with Gasteiger partial charge >= 0.3 is 11.9 Å². The number of rotatable bonds is 4. The number of carboxylic acids is 2. The van der Waals surface area contributed by atoms with Gasteiger partial charge in [0, 0.05) is 25.6 Å². The van der Waals surface area contributed by atoms with E-state index in [1.54, 1.807) is 13.1 Å². The first kappa shape index (κ1) is 22.1. The minimum atomic E-state index is -1.82. The van der Waals surface area contributed by atoms with E-state index in [1.165, 1.54) is 0 Å². The number of pyridine rings is 1. The first-order chi connectivity index (χ1) is 13.8. The summed E-state index contributed by atoms with van der Waals surface area (Å²) in [4.78, 5) is 27.1. The molecule has 0 saturated heterocycles. The molecule has 4 N–H and O–H groups in total. The number of aliphatic carboxylic acids is 2. The standard InChI is InChI=1S/C17H23N5O.C2H2O4/c1-11(23)17-21-14-10-20-16(19-2)9-15(14)22(17)13-5-3-12(4-6-13)7-8-18;3-1(4)2(5)6/h9-13,23H,3-7H2,1-2H3,(H,19,20);(H,3,4)(H,5,6). The van der Waals surface area contributed by atoms with Crippen LogP contribution in [0.5, 0.6) is 0 Å². The molecule has 1 fully saturated rings. The number of aliphatic hydroxyl groups is 1. The van der Waals surface area contributed by atoms with Gasteiger partial charge in [-0.25, -0.2) is 19.6 Å². The van der Waals surface area contributed by atoms with Crippen LogP contribution in [0, 0.1) is 17.2 Å². The van der Waals surface area contributed by atoms with E-state index in [2.05, 4.69) is 25.9 Å². The normalized spacial score (nSPS) is 19.5. The summed E-state index contributed by atoms with van der Waals surface area (Å²) in [6.45, 7) is 1.76. The second kappa shape index (κ2) is 9.84. The fourth-order valence-electron chi connectivity index (χ4n) is 3.57. The van der Waals surface area contributed by atoms with Crippen LogP contribution in [-0.2, 0) is 9.59 Å². The van der Waals surface area contributed by atoms with Crippen LogP contribution in [0.2, 0.25) is 0 Å². The van der Waals surface area contributed by atoms with Gasteiger partial charge in [-0.3, -0.25) is 0 Å². The van der Waals surface area contributed by atoms with Crippen molar-refractivity contribution in [1.29, 1.82) is 5.26 Å². The predicted octanol–water partition coefficient (Wildman–Crippen LogP) is 2.33. The molecule has 0 aliphatic heterocycles. The fourth-order valence-corrected chi connectivity index (χ4v) is 3.57. The van der Waals surface area contributed by atoms with Gasteiger partial charge in [-0.05, 0) is 38.5 Å². The number of carbonyl (C=O) groups is 2. The molecule has 156 valence electrons. The van der Waals surface area contributed by atoms with E-state index in [0.717, 1.165) is 42.5 Å². The van der Waals surface area contributed by atoms with Crippen molar-refractivity contribution >= 4 is 28.8 Å². The first-order valence-electron chi connectivity index (χ1n) is 9.35. The number of imidazole rings is 1. The van der Waals surface area contributed by atoms with Crippen molar-refractivity contribution in [3.8, 4) is 6.07 Å². The van der Waals surface area contributed by atoms with E-state index < -0.39 is 18.0 Å². The van der Waals surface area contributed by atoms with Crippen molar-refractivity contribution < 1.29 is 24.9 Å². The summed E-state index contributed by atoms with van der Waals surface area (Å²) < 4.78 is 2.19. The Labute approximate surface area is 167 Å². The van der Waals surface area contributed by atoms with Crippen molar-refractivity contribution in [3.05, 3.63) is 18.1 Å². The number of hydrogen-bond donors (Lipinski definition) is 4. The summed E-state index contributed by atoms with van der Waals surface area (Å²) in [5.41, 5.74) is 1.84. The maximum Gasteiger partial charge on any atom is 0.414 e. The molecule has 0 aromatic carbocycles. The van der Waals surface area contributed by atoms with Crippen molar-refractivity contribution in [2.45, 2.75) is 51.2 Å². The van der Waals surface area contributed by atoms with Crippen LogP contribution >= 0.6 is 0 Å². The number of aromatic nitrogens is 3. The maximum atomic E-state index is 10.1. The SMILES string of the molecule is CNc1cc2c(cn1)nc(C(C)O)n2C1CCC(CC#N)CC1.O=C(O)C(=O)O. The highest BCUT2D eigenvalue weighted by Crippen LogP contribution is 2.37. The summed E-state index contributed by atoms with van der Waals surface area (Å²) >= 11 is 0. The van der Waals surface area contributed by atoms with E-state index in [9.17, 15) is 5.11 Å². The third-order valence-corrected chi connectivity index (χ3v) is 4.98. The third kappa shape index (κ3) is 5.42. The van der Waals surface area contributed by atoms with E-state index in [4.69, 9.17) is 25.1 Å². The van der Waals surface area contributed by atoms with Gasteiger partial charge in [0.25, 0.3) is 0 Å². The van der Waals surface area contributed by atoms with Crippen molar-refractivity contribution in [3.63, 3.8) is 0 Å². The molecule has 2 aromatic heterocycles. The van der Waals surface area contributed by atoms with Crippen LogP contribution in [0.3, 0.4) is 0 Å². The molecular formula is C19H25N5O5. The second-order valence-corrected chi connectivity index (χ2v) is 6.97. The molecule has 0 amide bonds. The van der Waals surface area contributed by atoms with Crippen LogP contribution in [0.1, 0.15) is 57.0 Å². The molecular weight excluding hydrogens is 378 g/mol. The lowest BCUT2D eigenvalue weighted by molar-refractivity contribution is -0.159. The Balaban J connectivity index is 0.000000438. The van der Waals surface area contributed by atoms with Crippen molar-refractivity contribution in [2.75, 3.05) is 12.4 Å². The van der Waals surface area contributed by atoms with Gasteiger partial charge in [0.05, 0.1) is 17.8 Å². The lowest BCUT2D eigenvalue weighted by Crippen LogP contribution is -2.20. The number of nitriles is 1. The largest absolute Gasteiger partial charge is 0.473 e. The molecule has 10 nitrogen and oxygen atoms in total. The number of hydrogen-bond acceptors (Lipinski definition) is 7. The molecule has 29 heavy (non-hydrogen) atoms. The van der Waals surface area contributed by atoms with Gasteiger partial charge < -0.3 is 25.2 Å². The Hall–Kier alpha value is -3.19. The highest BCUT2D eigenvalue weighted by Gasteiger charge is 2.27. The molecule has 1 aliphatic carbocycles. The van der Waals surface area contributed by atoms with Gasteiger partial charge in [-0.2, -0.15) is 5.26 Å². The Kier molecular flexibility index (Phi) is 7.50. The Morgan fingerprint density at radius 2 is 1.93 bits per heavy atom. The summed E-state index contributed by atoms with van der Waals surface area (Å²) in [6.07, 6.45) is 5.95. The van der Waals surface area contributed by atoms with Gasteiger partial charge in [0.2, 0.25) is 0 Å². The van der Waals surface area contributed by atoms with E-state index in [1.807, 2.05) is 13.1 Å². The third-order valence-electron chi connectivity index (χ3n) is 4.98. The number of fused-ring (bicyclic) bond motifs is 1. The topological polar surface area (TPSA) is 161 Å². The Morgan fingerprint density at radius 1 is 1.31 bits per heavy atom. The summed E-state index contributed by atoms with van der Waals surface area (Å²) in [5.74, 6) is -1.63. The van der Waals surface area contributed by atoms with Crippen LogP contribution in [0.15, 0.2) is 12.3 Å². The smallest absolute Gasteiger partial charge is 0.414 e. The predicted molar refractivity (Wildman–Crippen MR) is 104 cm³/mol. The van der Waals surface area contributed by atoms with Gasteiger partial charge in [-0.15, -0.1) is 0 Å². The zero-order valence-electron chi connectivity index (χ0n) is 16.4. The molecule has 1 unspecified atom stereocenters. The minimum Gasteiger partial charge on any atom is -0.473 e. The fraction of sp³-hybridized carbons (Fsp3) is 0.526. The Bertz CT molecular complexity index is 898. The average molecular weight is 403 g/mol. The molecule has 2 heterocycles. The van der Waals surface area contributed by atoms with E-state index >= 15 is 0 Å². The van der Waals surface area contributed by atoms with Crippen LogP contribution in [0.25, 0.3) is 11.0 Å². The highest BCUT2D eigenvalue weighted by atomic mass is 16.4. The molecule has 0 spiro atoms. The number of anilines is 1. The summed E-state index contributed by atoms with van der Waals surface area (Å²) in [5, 5.41) is 36.9. The molecule has 3 rings (SSSR count). The van der Waals surface area contributed by atoms with Crippen molar-refractivity contribution in [2.24, 2.45) is 5.92 Å². The summed E-state index contributed by atoms with van der Waals surface area (Å²) in [7, 11) is 1.84. The molecule has 1 aliphatic rings. The molecule has 2 aromatic rings. The quantitative estimate of drug-likeness (QED) is 0.561.